The Kier molecular flexibility index (Phi) is 9.57. The number of unbranched alkanes of at least 4 members (excludes halogenated alkanes) is 1. The number of esters is 1. The van der Waals surface area contributed by atoms with Crippen molar-refractivity contribution in [3.63, 3.8) is 0 Å². The fraction of sp³-hybridized carbons (Fsp3) is 0.519. The summed E-state index contributed by atoms with van der Waals surface area (Å²) in [7, 11) is 0. The first-order chi connectivity index (χ1) is 15.2. The maximum atomic E-state index is 11.5. The monoisotopic (exact) mass is 423 g/mol. The number of ether oxygens (including phenoxy) is 2. The van der Waals surface area contributed by atoms with E-state index in [1.807, 2.05) is 6.92 Å². The van der Waals surface area contributed by atoms with E-state index in [1.165, 1.54) is 16.7 Å². The first-order valence-electron chi connectivity index (χ1n) is 11.9. The summed E-state index contributed by atoms with van der Waals surface area (Å²) in [5, 5.41) is 0. The summed E-state index contributed by atoms with van der Waals surface area (Å²) in [6.07, 6.45) is 5.88. The highest BCUT2D eigenvalue weighted by Gasteiger charge is 2.24. The molecule has 1 atom stereocenters. The molecule has 2 aromatic carbocycles. The fourth-order valence-corrected chi connectivity index (χ4v) is 4.20. The number of carbonyl (C=O) groups excluding carboxylic acids is 1. The zero-order valence-corrected chi connectivity index (χ0v) is 19.1. The summed E-state index contributed by atoms with van der Waals surface area (Å²) in [5.74, 6) is -0.0754. The van der Waals surface area contributed by atoms with Gasteiger partial charge in [-0.25, -0.2) is 0 Å². The van der Waals surface area contributed by atoms with Crippen LogP contribution in [0, 0.1) is 0 Å². The van der Waals surface area contributed by atoms with Gasteiger partial charge in [0.1, 0.15) is 6.10 Å². The molecule has 4 nitrogen and oxygen atoms in total. The minimum atomic E-state index is -0.0754. The Morgan fingerprint density at radius 3 is 2.29 bits per heavy atom. The van der Waals surface area contributed by atoms with E-state index in [0.717, 1.165) is 51.7 Å². The van der Waals surface area contributed by atoms with Crippen LogP contribution in [0.3, 0.4) is 0 Å². The molecule has 0 N–H and O–H groups in total. The quantitative estimate of drug-likeness (QED) is 0.351. The van der Waals surface area contributed by atoms with Crippen LogP contribution in [0.5, 0.6) is 0 Å². The SMILES string of the molecule is CCOC(=O)CCCCN1CCC(OC(c2ccccc2)c2ccc(CC)cc2)CC1. The standard InChI is InChI=1S/C27H37NO3/c1-3-22-13-15-24(16-14-22)27(23-10-6-5-7-11-23)31-25-17-20-28(21-18-25)19-9-8-12-26(29)30-4-2/h5-7,10-11,13-16,25,27H,3-4,8-9,12,17-21H2,1-2H3. The minimum Gasteiger partial charge on any atom is -0.466 e. The second-order valence-corrected chi connectivity index (χ2v) is 8.33. The van der Waals surface area contributed by atoms with Crippen LogP contribution in [0.4, 0.5) is 0 Å². The van der Waals surface area contributed by atoms with Gasteiger partial charge in [0, 0.05) is 19.5 Å². The van der Waals surface area contributed by atoms with Crippen molar-refractivity contribution in [3.05, 3.63) is 71.3 Å². The third-order valence-electron chi connectivity index (χ3n) is 6.07. The second kappa shape index (κ2) is 12.6. The van der Waals surface area contributed by atoms with Crippen LogP contribution in [-0.2, 0) is 20.7 Å². The van der Waals surface area contributed by atoms with Crippen LogP contribution in [-0.4, -0.2) is 43.2 Å². The topological polar surface area (TPSA) is 38.8 Å². The van der Waals surface area contributed by atoms with Crippen molar-refractivity contribution in [2.75, 3.05) is 26.2 Å². The Hall–Kier alpha value is -2.17. The Balaban J connectivity index is 1.50. The third kappa shape index (κ3) is 7.48. The molecule has 0 bridgehead atoms. The van der Waals surface area contributed by atoms with Gasteiger partial charge in [0.2, 0.25) is 0 Å². The molecule has 1 unspecified atom stereocenters. The normalized spacial score (nSPS) is 16.2. The summed E-state index contributed by atoms with van der Waals surface area (Å²) < 4.78 is 11.7. The van der Waals surface area contributed by atoms with Gasteiger partial charge in [-0.15, -0.1) is 0 Å². The van der Waals surface area contributed by atoms with E-state index >= 15 is 0 Å². The highest BCUT2D eigenvalue weighted by Crippen LogP contribution is 2.30. The van der Waals surface area contributed by atoms with E-state index < -0.39 is 0 Å². The number of aryl methyl sites for hydroxylation is 1. The third-order valence-corrected chi connectivity index (χ3v) is 6.07. The average Bonchev–Trinajstić information content (AvgIpc) is 2.82. The molecular weight excluding hydrogens is 386 g/mol. The number of hydrogen-bond donors (Lipinski definition) is 0. The first kappa shape index (κ1) is 23.5. The molecule has 2 aromatic rings. The van der Waals surface area contributed by atoms with Crippen molar-refractivity contribution in [3.8, 4) is 0 Å². The van der Waals surface area contributed by atoms with Crippen LogP contribution >= 0.6 is 0 Å². The van der Waals surface area contributed by atoms with Gasteiger partial charge in [-0.2, -0.15) is 0 Å². The number of hydrogen-bond acceptors (Lipinski definition) is 4. The highest BCUT2D eigenvalue weighted by atomic mass is 16.5. The van der Waals surface area contributed by atoms with Gasteiger partial charge in [0.15, 0.2) is 0 Å². The molecule has 0 spiro atoms. The fourth-order valence-electron chi connectivity index (χ4n) is 4.20. The smallest absolute Gasteiger partial charge is 0.305 e. The molecule has 1 saturated heterocycles. The zero-order valence-electron chi connectivity index (χ0n) is 19.1. The van der Waals surface area contributed by atoms with Crippen LogP contribution in [0.1, 0.15) is 68.7 Å². The van der Waals surface area contributed by atoms with Crippen LogP contribution in [0.2, 0.25) is 0 Å². The number of rotatable bonds is 11. The first-order valence-corrected chi connectivity index (χ1v) is 11.9. The van der Waals surface area contributed by atoms with E-state index in [9.17, 15) is 4.79 Å². The number of benzene rings is 2. The predicted octanol–water partition coefficient (Wildman–Crippen LogP) is 5.55. The molecule has 1 heterocycles. The van der Waals surface area contributed by atoms with Crippen molar-refractivity contribution in [1.82, 2.24) is 4.90 Å². The van der Waals surface area contributed by atoms with Crippen molar-refractivity contribution in [1.29, 1.82) is 0 Å². The van der Waals surface area contributed by atoms with Gasteiger partial charge >= 0.3 is 5.97 Å². The van der Waals surface area contributed by atoms with Crippen molar-refractivity contribution < 1.29 is 14.3 Å². The van der Waals surface area contributed by atoms with Crippen molar-refractivity contribution >= 4 is 5.97 Å². The van der Waals surface area contributed by atoms with Gasteiger partial charge in [-0.3, -0.25) is 4.79 Å². The lowest BCUT2D eigenvalue weighted by Gasteiger charge is -2.34. The largest absolute Gasteiger partial charge is 0.466 e. The Morgan fingerprint density at radius 2 is 1.65 bits per heavy atom. The van der Waals surface area contributed by atoms with Crippen molar-refractivity contribution in [2.24, 2.45) is 0 Å². The van der Waals surface area contributed by atoms with E-state index in [1.54, 1.807) is 0 Å². The molecule has 0 aromatic heterocycles. The van der Waals surface area contributed by atoms with Gasteiger partial charge in [-0.05, 0) is 62.3 Å². The Morgan fingerprint density at radius 1 is 0.968 bits per heavy atom. The molecule has 0 amide bonds. The summed E-state index contributed by atoms with van der Waals surface area (Å²) in [6.45, 7) is 7.67. The molecule has 1 aliphatic heterocycles. The van der Waals surface area contributed by atoms with Crippen LogP contribution in [0.15, 0.2) is 54.6 Å². The summed E-state index contributed by atoms with van der Waals surface area (Å²) in [5.41, 5.74) is 3.80. The lowest BCUT2D eigenvalue weighted by Crippen LogP contribution is -2.38. The minimum absolute atomic E-state index is 0.0202. The molecular formula is C27H37NO3. The number of likely N-dealkylation sites (tertiary alicyclic amines) is 1. The number of carbonyl (C=O) groups is 1. The molecule has 0 saturated carbocycles. The molecule has 168 valence electrons. The average molecular weight is 424 g/mol. The molecule has 1 fully saturated rings. The Labute approximate surface area is 187 Å². The van der Waals surface area contributed by atoms with Gasteiger partial charge in [0.25, 0.3) is 0 Å². The molecule has 31 heavy (non-hydrogen) atoms. The van der Waals surface area contributed by atoms with Crippen LogP contribution < -0.4 is 0 Å². The van der Waals surface area contributed by atoms with Crippen molar-refractivity contribution in [2.45, 2.75) is 64.6 Å². The zero-order chi connectivity index (χ0) is 21.9. The van der Waals surface area contributed by atoms with Gasteiger partial charge in [-0.1, -0.05) is 61.5 Å². The van der Waals surface area contributed by atoms with Crippen LogP contribution in [0.25, 0.3) is 0 Å². The van der Waals surface area contributed by atoms with Gasteiger partial charge in [0.05, 0.1) is 12.7 Å². The molecule has 4 heteroatoms. The number of piperidine rings is 1. The molecule has 3 rings (SSSR count). The lowest BCUT2D eigenvalue weighted by atomic mass is 9.98. The van der Waals surface area contributed by atoms with E-state index in [2.05, 4.69) is 66.4 Å². The summed E-state index contributed by atoms with van der Waals surface area (Å²) in [4.78, 5) is 14.0. The second-order valence-electron chi connectivity index (χ2n) is 8.33. The predicted molar refractivity (Wildman–Crippen MR) is 125 cm³/mol. The maximum absolute atomic E-state index is 11.5. The molecule has 0 aliphatic carbocycles. The van der Waals surface area contributed by atoms with Gasteiger partial charge < -0.3 is 14.4 Å². The Bertz CT molecular complexity index is 767. The highest BCUT2D eigenvalue weighted by molar-refractivity contribution is 5.69. The summed E-state index contributed by atoms with van der Waals surface area (Å²) in [6, 6.07) is 19.4. The molecule has 1 aliphatic rings. The number of nitrogens with zero attached hydrogens (tertiary/aromatic N) is 1. The van der Waals surface area contributed by atoms with E-state index in [-0.39, 0.29) is 18.2 Å². The lowest BCUT2D eigenvalue weighted by molar-refractivity contribution is -0.143. The van der Waals surface area contributed by atoms with E-state index in [4.69, 9.17) is 9.47 Å². The maximum Gasteiger partial charge on any atom is 0.305 e. The van der Waals surface area contributed by atoms with E-state index in [0.29, 0.717) is 13.0 Å². The summed E-state index contributed by atoms with van der Waals surface area (Å²) >= 11 is 0. The molecule has 0 radical (unpaired) electrons.